The van der Waals surface area contributed by atoms with Crippen molar-refractivity contribution in [2.75, 3.05) is 41.0 Å². The Labute approximate surface area is 185 Å². The van der Waals surface area contributed by atoms with Gasteiger partial charge in [-0.25, -0.2) is 0 Å². The molecule has 0 aliphatic heterocycles. The standard InChI is InChI=1S/C25H46N2O3/c1-5-6-7-8-9-13-17-24(25(28-2,29-3)30-4)18-14-20-27(21-19-26)22-23-15-11-10-12-16-23/h10-12,15-16,24H,5-9,13-14,17-22,26H2,1-4H3. The van der Waals surface area contributed by atoms with E-state index in [0.29, 0.717) is 6.54 Å². The first kappa shape index (κ1) is 27.1. The van der Waals surface area contributed by atoms with E-state index in [1.54, 1.807) is 21.3 Å². The summed E-state index contributed by atoms with van der Waals surface area (Å²) in [5.74, 6) is -0.748. The van der Waals surface area contributed by atoms with Crippen LogP contribution in [0.3, 0.4) is 0 Å². The zero-order chi connectivity index (χ0) is 22.1. The normalized spacial score (nSPS) is 13.1. The van der Waals surface area contributed by atoms with Gasteiger partial charge in [-0.3, -0.25) is 4.90 Å². The van der Waals surface area contributed by atoms with Crippen LogP contribution in [0, 0.1) is 5.92 Å². The molecule has 174 valence electrons. The van der Waals surface area contributed by atoms with Gasteiger partial charge in [-0.05, 0) is 31.4 Å². The summed E-state index contributed by atoms with van der Waals surface area (Å²) in [6.07, 6.45) is 10.8. The van der Waals surface area contributed by atoms with Gasteiger partial charge in [0.05, 0.1) is 0 Å². The molecule has 0 fully saturated rings. The van der Waals surface area contributed by atoms with Crippen LogP contribution in [0.5, 0.6) is 0 Å². The van der Waals surface area contributed by atoms with Crippen molar-refractivity contribution in [1.29, 1.82) is 0 Å². The van der Waals surface area contributed by atoms with Crippen molar-refractivity contribution in [3.8, 4) is 0 Å². The van der Waals surface area contributed by atoms with Crippen LogP contribution in [0.15, 0.2) is 30.3 Å². The molecule has 0 saturated heterocycles. The van der Waals surface area contributed by atoms with Gasteiger partial charge >= 0.3 is 0 Å². The maximum Gasteiger partial charge on any atom is 0.285 e. The second kappa shape index (κ2) is 16.7. The maximum atomic E-state index is 5.86. The van der Waals surface area contributed by atoms with Crippen molar-refractivity contribution in [3.63, 3.8) is 0 Å². The van der Waals surface area contributed by atoms with Crippen LogP contribution < -0.4 is 5.73 Å². The van der Waals surface area contributed by atoms with Gasteiger partial charge in [-0.1, -0.05) is 75.8 Å². The van der Waals surface area contributed by atoms with Gasteiger partial charge in [-0.2, -0.15) is 0 Å². The third kappa shape index (κ3) is 9.88. The fourth-order valence-corrected chi connectivity index (χ4v) is 4.27. The molecule has 2 N–H and O–H groups in total. The zero-order valence-electron chi connectivity index (χ0n) is 19.9. The molecule has 1 aromatic carbocycles. The van der Waals surface area contributed by atoms with Crippen molar-refractivity contribution in [2.24, 2.45) is 11.7 Å². The Kier molecular flexibility index (Phi) is 15.0. The summed E-state index contributed by atoms with van der Waals surface area (Å²) in [6, 6.07) is 10.6. The molecule has 5 heteroatoms. The largest absolute Gasteiger partial charge is 0.331 e. The smallest absolute Gasteiger partial charge is 0.285 e. The van der Waals surface area contributed by atoms with E-state index >= 15 is 0 Å². The van der Waals surface area contributed by atoms with Crippen molar-refractivity contribution >= 4 is 0 Å². The number of nitrogens with zero attached hydrogens (tertiary/aromatic N) is 1. The number of nitrogens with two attached hydrogens (primary N) is 1. The van der Waals surface area contributed by atoms with E-state index in [1.165, 1.54) is 44.1 Å². The molecule has 1 rings (SSSR count). The highest BCUT2D eigenvalue weighted by atomic mass is 16.9. The molecule has 1 unspecified atom stereocenters. The first-order valence-corrected chi connectivity index (χ1v) is 11.8. The summed E-state index contributed by atoms with van der Waals surface area (Å²) in [4.78, 5) is 2.44. The summed E-state index contributed by atoms with van der Waals surface area (Å²) >= 11 is 0. The molecule has 1 atom stereocenters. The lowest BCUT2D eigenvalue weighted by molar-refractivity contribution is -0.380. The quantitative estimate of drug-likeness (QED) is 0.246. The average molecular weight is 423 g/mol. The molecule has 0 bridgehead atoms. The number of benzene rings is 1. The van der Waals surface area contributed by atoms with E-state index in [-0.39, 0.29) is 5.92 Å². The van der Waals surface area contributed by atoms with Gasteiger partial charge in [-0.15, -0.1) is 0 Å². The SMILES string of the molecule is CCCCCCCCC(CCCN(CCN)Cc1ccccc1)C(OC)(OC)OC. The zero-order valence-corrected chi connectivity index (χ0v) is 19.9. The average Bonchev–Trinajstić information content (AvgIpc) is 2.78. The molecule has 0 heterocycles. The van der Waals surface area contributed by atoms with Gasteiger partial charge in [0.1, 0.15) is 0 Å². The second-order valence-electron chi connectivity index (χ2n) is 8.16. The lowest BCUT2D eigenvalue weighted by Gasteiger charge is -2.37. The Morgan fingerprint density at radius 1 is 0.833 bits per heavy atom. The summed E-state index contributed by atoms with van der Waals surface area (Å²) in [5.41, 5.74) is 7.19. The highest BCUT2D eigenvalue weighted by molar-refractivity contribution is 5.14. The lowest BCUT2D eigenvalue weighted by atomic mass is 9.92. The Morgan fingerprint density at radius 2 is 1.43 bits per heavy atom. The minimum absolute atomic E-state index is 0.208. The molecular weight excluding hydrogens is 376 g/mol. The molecule has 0 saturated carbocycles. The summed E-state index contributed by atoms with van der Waals surface area (Å²) < 4.78 is 17.1. The van der Waals surface area contributed by atoms with Gasteiger partial charge in [0.2, 0.25) is 0 Å². The Hall–Kier alpha value is -0.980. The molecule has 0 radical (unpaired) electrons. The minimum atomic E-state index is -0.957. The molecule has 0 aliphatic rings. The number of unbranched alkanes of at least 4 members (excludes halogenated alkanes) is 5. The topological polar surface area (TPSA) is 57.0 Å². The number of ether oxygens (including phenoxy) is 3. The van der Waals surface area contributed by atoms with Gasteiger partial charge < -0.3 is 19.9 Å². The predicted molar refractivity (Wildman–Crippen MR) is 125 cm³/mol. The van der Waals surface area contributed by atoms with Crippen molar-refractivity contribution < 1.29 is 14.2 Å². The maximum absolute atomic E-state index is 5.86. The Morgan fingerprint density at radius 3 is 2.03 bits per heavy atom. The van der Waals surface area contributed by atoms with Crippen LogP contribution in [0.25, 0.3) is 0 Å². The number of methoxy groups -OCH3 is 3. The Balaban J connectivity index is 2.60. The van der Waals surface area contributed by atoms with Crippen molar-refractivity contribution in [2.45, 2.75) is 77.2 Å². The summed E-state index contributed by atoms with van der Waals surface area (Å²) in [6.45, 7) is 5.77. The first-order valence-electron chi connectivity index (χ1n) is 11.8. The van der Waals surface area contributed by atoms with Crippen molar-refractivity contribution in [3.05, 3.63) is 35.9 Å². The summed E-state index contributed by atoms with van der Waals surface area (Å²) in [7, 11) is 5.03. The monoisotopic (exact) mass is 422 g/mol. The van der Waals surface area contributed by atoms with Crippen LogP contribution >= 0.6 is 0 Å². The molecule has 30 heavy (non-hydrogen) atoms. The third-order valence-electron chi connectivity index (χ3n) is 5.98. The van der Waals surface area contributed by atoms with Crippen LogP contribution in [-0.2, 0) is 20.8 Å². The fourth-order valence-electron chi connectivity index (χ4n) is 4.27. The Bertz CT molecular complexity index is 500. The lowest BCUT2D eigenvalue weighted by Crippen LogP contribution is -2.44. The van der Waals surface area contributed by atoms with E-state index < -0.39 is 5.97 Å². The fraction of sp³-hybridized carbons (Fsp3) is 0.760. The van der Waals surface area contributed by atoms with E-state index in [2.05, 4.69) is 42.2 Å². The second-order valence-corrected chi connectivity index (χ2v) is 8.16. The predicted octanol–water partition coefficient (Wildman–Crippen LogP) is 5.19. The highest BCUT2D eigenvalue weighted by Gasteiger charge is 2.39. The molecule has 1 aromatic rings. The van der Waals surface area contributed by atoms with E-state index in [4.69, 9.17) is 19.9 Å². The van der Waals surface area contributed by atoms with Gasteiger partial charge in [0, 0.05) is 46.9 Å². The molecule has 5 nitrogen and oxygen atoms in total. The van der Waals surface area contributed by atoms with Crippen LogP contribution in [0.1, 0.15) is 70.3 Å². The van der Waals surface area contributed by atoms with E-state index in [0.717, 1.165) is 38.9 Å². The van der Waals surface area contributed by atoms with E-state index in [1.807, 2.05) is 0 Å². The van der Waals surface area contributed by atoms with Gasteiger partial charge in [0.15, 0.2) is 0 Å². The number of hydrogen-bond donors (Lipinski definition) is 1. The summed E-state index contributed by atoms with van der Waals surface area (Å²) in [5, 5.41) is 0. The number of rotatable bonds is 19. The molecule has 0 spiro atoms. The minimum Gasteiger partial charge on any atom is -0.331 e. The van der Waals surface area contributed by atoms with Crippen LogP contribution in [-0.4, -0.2) is 51.8 Å². The third-order valence-corrected chi connectivity index (χ3v) is 5.98. The van der Waals surface area contributed by atoms with E-state index in [9.17, 15) is 0 Å². The highest BCUT2D eigenvalue weighted by Crippen LogP contribution is 2.32. The van der Waals surface area contributed by atoms with Crippen LogP contribution in [0.4, 0.5) is 0 Å². The van der Waals surface area contributed by atoms with Crippen molar-refractivity contribution in [1.82, 2.24) is 4.90 Å². The molecule has 0 aromatic heterocycles. The molecule has 0 aliphatic carbocycles. The number of hydrogen-bond acceptors (Lipinski definition) is 5. The first-order chi connectivity index (χ1) is 14.7. The molecular formula is C25H46N2O3. The molecule has 0 amide bonds. The van der Waals surface area contributed by atoms with Crippen LogP contribution in [0.2, 0.25) is 0 Å². The van der Waals surface area contributed by atoms with Gasteiger partial charge in [0.25, 0.3) is 5.97 Å².